The average molecular weight is 327 g/mol. The molecule has 0 aromatic heterocycles. The van der Waals surface area contributed by atoms with E-state index in [0.29, 0.717) is 10.9 Å². The molecule has 0 aliphatic carbocycles. The van der Waals surface area contributed by atoms with Gasteiger partial charge in [0.15, 0.2) is 0 Å². The number of phenols is 1. The van der Waals surface area contributed by atoms with Crippen molar-refractivity contribution < 1.29 is 10.0 Å². The van der Waals surface area contributed by atoms with Gasteiger partial charge in [0.25, 0.3) is 5.69 Å². The summed E-state index contributed by atoms with van der Waals surface area (Å²) in [4.78, 5) is 10.4. The predicted octanol–water partition coefficient (Wildman–Crippen LogP) is 4.52. The molecule has 0 amide bonds. The number of hydrogen-bond acceptors (Lipinski definition) is 4. The molecule has 0 radical (unpaired) electrons. The molecule has 0 saturated heterocycles. The minimum atomic E-state index is -0.546. The number of aromatic hydroxyl groups is 1. The maximum absolute atomic E-state index is 10.9. The summed E-state index contributed by atoms with van der Waals surface area (Å²) in [6.07, 6.45) is 0. The Labute approximate surface area is 136 Å². The second kappa shape index (κ2) is 5.70. The number of nitro benzene ring substituents is 1. The first-order valence-corrected chi connectivity index (χ1v) is 7.11. The highest BCUT2D eigenvalue weighted by Gasteiger charge is 2.19. The van der Waals surface area contributed by atoms with E-state index < -0.39 is 4.92 Å². The van der Waals surface area contributed by atoms with Crippen LogP contribution in [-0.2, 0) is 0 Å². The van der Waals surface area contributed by atoms with Gasteiger partial charge in [-0.05, 0) is 22.9 Å². The number of benzene rings is 3. The second-order valence-electron chi connectivity index (χ2n) is 4.98. The largest absolute Gasteiger partial charge is 0.507 e. The number of rotatable bonds is 3. The van der Waals surface area contributed by atoms with E-state index in [1.807, 2.05) is 12.1 Å². The molecule has 114 valence electrons. The summed E-state index contributed by atoms with van der Waals surface area (Å²) >= 11 is 6.10. The SMILES string of the molecule is N=C(c1cc([N+](=O)[O-])ccc1Cl)c1c(O)ccc2ccccc12. The Kier molecular flexibility index (Phi) is 3.72. The van der Waals surface area contributed by atoms with Gasteiger partial charge >= 0.3 is 0 Å². The highest BCUT2D eigenvalue weighted by atomic mass is 35.5. The smallest absolute Gasteiger partial charge is 0.270 e. The molecule has 0 unspecified atom stereocenters. The summed E-state index contributed by atoms with van der Waals surface area (Å²) in [5.74, 6) is -0.0729. The van der Waals surface area contributed by atoms with Crippen LogP contribution in [0, 0.1) is 15.5 Å². The maximum Gasteiger partial charge on any atom is 0.270 e. The lowest BCUT2D eigenvalue weighted by Gasteiger charge is -2.12. The van der Waals surface area contributed by atoms with Crippen molar-refractivity contribution in [2.45, 2.75) is 0 Å². The van der Waals surface area contributed by atoms with Crippen LogP contribution in [0.25, 0.3) is 10.8 Å². The molecule has 5 nitrogen and oxygen atoms in total. The van der Waals surface area contributed by atoms with E-state index in [1.165, 1.54) is 24.3 Å². The molecule has 3 aromatic carbocycles. The Bertz CT molecular complexity index is 954. The molecule has 0 spiro atoms. The fraction of sp³-hybridized carbons (Fsp3) is 0. The van der Waals surface area contributed by atoms with Crippen molar-refractivity contribution in [2.24, 2.45) is 0 Å². The Balaban J connectivity index is 2.24. The molecule has 0 atom stereocenters. The predicted molar refractivity (Wildman–Crippen MR) is 89.6 cm³/mol. The van der Waals surface area contributed by atoms with Crippen molar-refractivity contribution in [3.05, 3.63) is 80.9 Å². The average Bonchev–Trinajstić information content (AvgIpc) is 2.54. The summed E-state index contributed by atoms with van der Waals surface area (Å²) in [5.41, 5.74) is 0.278. The van der Waals surface area contributed by atoms with Crippen LogP contribution in [0.1, 0.15) is 11.1 Å². The highest BCUT2D eigenvalue weighted by Crippen LogP contribution is 2.32. The fourth-order valence-electron chi connectivity index (χ4n) is 2.48. The molecule has 3 aromatic rings. The first-order valence-electron chi connectivity index (χ1n) is 6.73. The Hall–Kier alpha value is -2.92. The topological polar surface area (TPSA) is 87.2 Å². The molecule has 0 aliphatic rings. The first kappa shape index (κ1) is 15.0. The van der Waals surface area contributed by atoms with Crippen LogP contribution in [0.15, 0.2) is 54.6 Å². The lowest BCUT2D eigenvalue weighted by molar-refractivity contribution is -0.384. The molecular weight excluding hydrogens is 316 g/mol. The first-order chi connectivity index (χ1) is 11.0. The molecular formula is C17H11ClN2O3. The molecule has 0 fully saturated rings. The Morgan fingerprint density at radius 2 is 1.87 bits per heavy atom. The number of halogens is 1. The summed E-state index contributed by atoms with van der Waals surface area (Å²) in [6, 6.07) is 14.4. The van der Waals surface area contributed by atoms with Crippen LogP contribution < -0.4 is 0 Å². The van der Waals surface area contributed by atoms with Crippen LogP contribution in [0.3, 0.4) is 0 Å². The third-order valence-electron chi connectivity index (χ3n) is 3.59. The van der Waals surface area contributed by atoms with Crippen molar-refractivity contribution in [3.63, 3.8) is 0 Å². The monoisotopic (exact) mass is 326 g/mol. The molecule has 6 heteroatoms. The van der Waals surface area contributed by atoms with Gasteiger partial charge in [0, 0.05) is 23.3 Å². The zero-order valence-electron chi connectivity index (χ0n) is 11.8. The van der Waals surface area contributed by atoms with Crippen LogP contribution in [0.4, 0.5) is 5.69 Å². The minimum absolute atomic E-state index is 0.0620. The normalized spacial score (nSPS) is 10.7. The Morgan fingerprint density at radius 1 is 1.13 bits per heavy atom. The van der Waals surface area contributed by atoms with Gasteiger partial charge in [-0.3, -0.25) is 15.5 Å². The number of hydrogen-bond donors (Lipinski definition) is 2. The van der Waals surface area contributed by atoms with Crippen molar-refractivity contribution >= 4 is 33.8 Å². The van der Waals surface area contributed by atoms with Gasteiger partial charge in [0.2, 0.25) is 0 Å². The van der Waals surface area contributed by atoms with E-state index in [0.717, 1.165) is 5.39 Å². The van der Waals surface area contributed by atoms with Crippen LogP contribution in [0.5, 0.6) is 5.75 Å². The molecule has 0 bridgehead atoms. The third-order valence-corrected chi connectivity index (χ3v) is 3.92. The molecule has 0 saturated carbocycles. The number of nitro groups is 1. The van der Waals surface area contributed by atoms with E-state index in [-0.39, 0.29) is 27.7 Å². The van der Waals surface area contributed by atoms with Gasteiger partial charge in [-0.1, -0.05) is 41.9 Å². The number of phenolic OH excluding ortho intramolecular Hbond substituents is 1. The van der Waals surface area contributed by atoms with E-state index in [9.17, 15) is 15.2 Å². The summed E-state index contributed by atoms with van der Waals surface area (Å²) in [7, 11) is 0. The number of nitrogens with one attached hydrogen (secondary N) is 1. The lowest BCUT2D eigenvalue weighted by atomic mass is 9.95. The fourth-order valence-corrected chi connectivity index (χ4v) is 2.69. The summed E-state index contributed by atoms with van der Waals surface area (Å²) < 4.78 is 0. The van der Waals surface area contributed by atoms with Crippen molar-refractivity contribution in [1.29, 1.82) is 5.41 Å². The van der Waals surface area contributed by atoms with E-state index in [2.05, 4.69) is 0 Å². The van der Waals surface area contributed by atoms with Crippen molar-refractivity contribution in [3.8, 4) is 5.75 Å². The van der Waals surface area contributed by atoms with E-state index in [4.69, 9.17) is 17.0 Å². The van der Waals surface area contributed by atoms with Crippen molar-refractivity contribution in [2.75, 3.05) is 0 Å². The molecule has 3 rings (SSSR count). The van der Waals surface area contributed by atoms with Gasteiger partial charge in [-0.2, -0.15) is 0 Å². The quantitative estimate of drug-likeness (QED) is 0.421. The van der Waals surface area contributed by atoms with Gasteiger partial charge in [0.05, 0.1) is 15.7 Å². The zero-order chi connectivity index (χ0) is 16.6. The van der Waals surface area contributed by atoms with E-state index >= 15 is 0 Å². The number of non-ortho nitro benzene ring substituents is 1. The molecule has 23 heavy (non-hydrogen) atoms. The summed E-state index contributed by atoms with van der Waals surface area (Å²) in [5, 5.41) is 31.3. The van der Waals surface area contributed by atoms with E-state index in [1.54, 1.807) is 18.2 Å². The molecule has 0 aliphatic heterocycles. The van der Waals surface area contributed by atoms with Crippen LogP contribution in [0.2, 0.25) is 5.02 Å². The molecule has 0 heterocycles. The standard InChI is InChI=1S/C17H11ClN2O3/c18-14-7-6-11(20(22)23)9-13(14)17(19)16-12-4-2-1-3-10(12)5-8-15(16)21/h1-9,19,21H. The maximum atomic E-state index is 10.9. The summed E-state index contributed by atoms with van der Waals surface area (Å²) in [6.45, 7) is 0. The van der Waals surface area contributed by atoms with Gasteiger partial charge in [-0.25, -0.2) is 0 Å². The Morgan fingerprint density at radius 3 is 2.61 bits per heavy atom. The third kappa shape index (κ3) is 2.62. The minimum Gasteiger partial charge on any atom is -0.507 e. The highest BCUT2D eigenvalue weighted by molar-refractivity contribution is 6.36. The van der Waals surface area contributed by atoms with Crippen LogP contribution in [-0.4, -0.2) is 15.7 Å². The van der Waals surface area contributed by atoms with Crippen LogP contribution >= 0.6 is 11.6 Å². The van der Waals surface area contributed by atoms with Gasteiger partial charge in [0.1, 0.15) is 5.75 Å². The second-order valence-corrected chi connectivity index (χ2v) is 5.38. The number of nitrogens with zero attached hydrogens (tertiary/aromatic N) is 1. The van der Waals surface area contributed by atoms with Gasteiger partial charge in [-0.15, -0.1) is 0 Å². The number of fused-ring (bicyclic) bond motifs is 1. The van der Waals surface area contributed by atoms with Crippen molar-refractivity contribution in [1.82, 2.24) is 0 Å². The van der Waals surface area contributed by atoms with Gasteiger partial charge < -0.3 is 5.11 Å². The molecule has 2 N–H and O–H groups in total. The lowest BCUT2D eigenvalue weighted by Crippen LogP contribution is -2.05. The zero-order valence-corrected chi connectivity index (χ0v) is 12.5.